The number of esters is 1. The Morgan fingerprint density at radius 3 is 2.63 bits per heavy atom. The molecule has 0 saturated carbocycles. The summed E-state index contributed by atoms with van der Waals surface area (Å²) in [4.78, 5) is 27.9. The van der Waals surface area contributed by atoms with Gasteiger partial charge in [-0.05, 0) is 49.2 Å². The molecule has 4 rings (SSSR count). The number of hydrogen-bond acceptors (Lipinski definition) is 4. The number of ether oxygens (including phenoxy) is 1. The van der Waals surface area contributed by atoms with E-state index in [9.17, 15) is 9.59 Å². The molecule has 0 radical (unpaired) electrons. The number of para-hydroxylation sites is 1. The molecule has 1 fully saturated rings. The van der Waals surface area contributed by atoms with Crippen molar-refractivity contribution in [3.63, 3.8) is 0 Å². The summed E-state index contributed by atoms with van der Waals surface area (Å²) in [6.45, 7) is 2.13. The minimum Gasteiger partial charge on any atom is -0.466 e. The van der Waals surface area contributed by atoms with Gasteiger partial charge in [-0.2, -0.15) is 0 Å². The summed E-state index contributed by atoms with van der Waals surface area (Å²) in [5.74, 6) is -0.618. The highest BCUT2D eigenvalue weighted by Gasteiger charge is 2.48. The molecule has 1 saturated heterocycles. The van der Waals surface area contributed by atoms with Crippen LogP contribution >= 0.6 is 11.6 Å². The van der Waals surface area contributed by atoms with Crippen LogP contribution in [0.2, 0.25) is 5.02 Å². The van der Waals surface area contributed by atoms with E-state index in [1.165, 1.54) is 0 Å². The molecule has 0 aromatic heterocycles. The lowest BCUT2D eigenvalue weighted by atomic mass is 9.95. The number of halogens is 1. The SMILES string of the molecule is CCOC(=O)[C@@H]1C[C@H](C(=O)c2ccc(Cl)cc2)N2c3ccccc3C=C[C@@H]12. The lowest BCUT2D eigenvalue weighted by Gasteiger charge is -2.35. The van der Waals surface area contributed by atoms with Crippen molar-refractivity contribution in [3.05, 3.63) is 70.8 Å². The van der Waals surface area contributed by atoms with Gasteiger partial charge >= 0.3 is 5.97 Å². The van der Waals surface area contributed by atoms with Crippen LogP contribution in [0.25, 0.3) is 6.08 Å². The number of anilines is 1. The zero-order valence-corrected chi connectivity index (χ0v) is 15.7. The molecule has 0 bridgehead atoms. The monoisotopic (exact) mass is 381 g/mol. The lowest BCUT2D eigenvalue weighted by molar-refractivity contribution is -0.147. The Morgan fingerprint density at radius 1 is 1.15 bits per heavy atom. The normalized spacial score (nSPS) is 22.9. The van der Waals surface area contributed by atoms with Gasteiger partial charge in [-0.1, -0.05) is 42.0 Å². The maximum Gasteiger partial charge on any atom is 0.311 e. The summed E-state index contributed by atoms with van der Waals surface area (Å²) < 4.78 is 5.28. The smallest absolute Gasteiger partial charge is 0.311 e. The first-order chi connectivity index (χ1) is 13.1. The molecule has 0 amide bonds. The van der Waals surface area contributed by atoms with Gasteiger partial charge in [0.25, 0.3) is 0 Å². The van der Waals surface area contributed by atoms with E-state index in [0.29, 0.717) is 23.6 Å². The molecule has 2 aromatic carbocycles. The number of carbonyl (C=O) groups excluding carboxylic acids is 2. The number of Topliss-reactive ketones (excluding diaryl/α,β-unsaturated/α-hetero) is 1. The standard InChI is InChI=1S/C22H20ClNO3/c1-2-27-22(26)17-13-20(21(25)15-7-10-16(23)11-8-15)24-18-6-4-3-5-14(18)9-12-19(17)24/h3-12,17,19-20H,2,13H2,1H3/t17-,19+,20-/m1/s1. The quantitative estimate of drug-likeness (QED) is 0.582. The Kier molecular flexibility index (Phi) is 4.75. The molecule has 0 N–H and O–H groups in total. The number of rotatable bonds is 4. The van der Waals surface area contributed by atoms with Gasteiger partial charge in [0.1, 0.15) is 0 Å². The van der Waals surface area contributed by atoms with Crippen LogP contribution in [-0.4, -0.2) is 30.4 Å². The highest BCUT2D eigenvalue weighted by molar-refractivity contribution is 6.30. The van der Waals surface area contributed by atoms with Crippen molar-refractivity contribution in [2.24, 2.45) is 5.92 Å². The Balaban J connectivity index is 1.74. The second-order valence-corrected chi connectivity index (χ2v) is 7.23. The van der Waals surface area contributed by atoms with Crippen molar-refractivity contribution in [2.75, 3.05) is 11.5 Å². The third kappa shape index (κ3) is 3.15. The topological polar surface area (TPSA) is 46.6 Å². The minimum atomic E-state index is -0.420. The second kappa shape index (κ2) is 7.20. The summed E-state index contributed by atoms with van der Waals surface area (Å²) >= 11 is 5.96. The van der Waals surface area contributed by atoms with Crippen LogP contribution < -0.4 is 4.90 Å². The first-order valence-corrected chi connectivity index (χ1v) is 9.50. The number of ketones is 1. The van der Waals surface area contributed by atoms with E-state index in [4.69, 9.17) is 16.3 Å². The fraction of sp³-hybridized carbons (Fsp3) is 0.273. The van der Waals surface area contributed by atoms with Crippen LogP contribution in [0.1, 0.15) is 29.3 Å². The molecule has 4 nitrogen and oxygen atoms in total. The van der Waals surface area contributed by atoms with Crippen LogP contribution in [0.3, 0.4) is 0 Å². The number of benzene rings is 2. The predicted octanol–water partition coefficient (Wildman–Crippen LogP) is 4.38. The van der Waals surface area contributed by atoms with E-state index in [0.717, 1.165) is 11.3 Å². The Morgan fingerprint density at radius 2 is 1.89 bits per heavy atom. The molecule has 2 aliphatic rings. The number of nitrogens with zero attached hydrogens (tertiary/aromatic N) is 1. The highest BCUT2D eigenvalue weighted by Crippen LogP contribution is 2.42. The van der Waals surface area contributed by atoms with Crippen molar-refractivity contribution in [3.8, 4) is 0 Å². The molecule has 2 heterocycles. The van der Waals surface area contributed by atoms with Crippen molar-refractivity contribution in [2.45, 2.75) is 25.4 Å². The molecule has 3 atom stereocenters. The van der Waals surface area contributed by atoms with Gasteiger partial charge in [0.2, 0.25) is 0 Å². The fourth-order valence-electron chi connectivity index (χ4n) is 4.04. The first kappa shape index (κ1) is 17.8. The van der Waals surface area contributed by atoms with E-state index in [1.807, 2.05) is 36.4 Å². The number of hydrogen-bond donors (Lipinski definition) is 0. The molecule has 0 spiro atoms. The molecular weight excluding hydrogens is 362 g/mol. The summed E-state index contributed by atoms with van der Waals surface area (Å²) in [7, 11) is 0. The maximum absolute atomic E-state index is 13.3. The Hall–Kier alpha value is -2.59. The summed E-state index contributed by atoms with van der Waals surface area (Å²) in [5, 5.41) is 0.589. The van der Waals surface area contributed by atoms with E-state index < -0.39 is 6.04 Å². The largest absolute Gasteiger partial charge is 0.466 e. The van der Waals surface area contributed by atoms with E-state index in [1.54, 1.807) is 31.2 Å². The minimum absolute atomic E-state index is 0.00596. The van der Waals surface area contributed by atoms with Gasteiger partial charge in [0.15, 0.2) is 5.78 Å². The molecule has 5 heteroatoms. The van der Waals surface area contributed by atoms with Crippen LogP contribution in [0, 0.1) is 5.92 Å². The third-order valence-electron chi connectivity index (χ3n) is 5.26. The van der Waals surface area contributed by atoms with E-state index >= 15 is 0 Å². The van der Waals surface area contributed by atoms with Gasteiger partial charge in [-0.3, -0.25) is 9.59 Å². The molecule has 0 unspecified atom stereocenters. The number of fused-ring (bicyclic) bond motifs is 3. The zero-order valence-electron chi connectivity index (χ0n) is 15.0. The van der Waals surface area contributed by atoms with Crippen molar-refractivity contribution < 1.29 is 14.3 Å². The van der Waals surface area contributed by atoms with Crippen LogP contribution in [0.5, 0.6) is 0 Å². The molecular formula is C22H20ClNO3. The fourth-order valence-corrected chi connectivity index (χ4v) is 4.17. The molecule has 0 aliphatic carbocycles. The van der Waals surface area contributed by atoms with Gasteiger partial charge in [-0.25, -0.2) is 0 Å². The van der Waals surface area contributed by atoms with E-state index in [-0.39, 0.29) is 23.7 Å². The number of carbonyl (C=O) groups is 2. The second-order valence-electron chi connectivity index (χ2n) is 6.80. The highest BCUT2D eigenvalue weighted by atomic mass is 35.5. The van der Waals surface area contributed by atoms with Crippen LogP contribution in [-0.2, 0) is 9.53 Å². The van der Waals surface area contributed by atoms with Gasteiger partial charge < -0.3 is 9.64 Å². The zero-order chi connectivity index (χ0) is 19.0. The molecule has 138 valence electrons. The predicted molar refractivity (Wildman–Crippen MR) is 106 cm³/mol. The summed E-state index contributed by atoms with van der Waals surface area (Å²) in [5.41, 5.74) is 2.62. The van der Waals surface area contributed by atoms with E-state index in [2.05, 4.69) is 4.90 Å². The van der Waals surface area contributed by atoms with Gasteiger partial charge in [0, 0.05) is 16.3 Å². The Labute approximate surface area is 163 Å². The molecule has 27 heavy (non-hydrogen) atoms. The molecule has 2 aliphatic heterocycles. The third-order valence-corrected chi connectivity index (χ3v) is 5.51. The average molecular weight is 382 g/mol. The van der Waals surface area contributed by atoms with Crippen LogP contribution in [0.15, 0.2) is 54.6 Å². The lowest BCUT2D eigenvalue weighted by Crippen LogP contribution is -2.43. The summed E-state index contributed by atoms with van der Waals surface area (Å²) in [6, 6.07) is 14.3. The first-order valence-electron chi connectivity index (χ1n) is 9.12. The van der Waals surface area contributed by atoms with Crippen molar-refractivity contribution in [1.29, 1.82) is 0 Å². The van der Waals surface area contributed by atoms with Crippen molar-refractivity contribution >= 4 is 35.1 Å². The Bertz CT molecular complexity index is 906. The van der Waals surface area contributed by atoms with Gasteiger partial charge in [-0.15, -0.1) is 0 Å². The van der Waals surface area contributed by atoms with Gasteiger partial charge in [0.05, 0.1) is 24.6 Å². The summed E-state index contributed by atoms with van der Waals surface area (Å²) in [6.07, 6.45) is 4.47. The maximum atomic E-state index is 13.3. The average Bonchev–Trinajstić information content (AvgIpc) is 3.08. The molecule has 2 aromatic rings. The van der Waals surface area contributed by atoms with Crippen molar-refractivity contribution in [1.82, 2.24) is 0 Å². The van der Waals surface area contributed by atoms with Crippen LogP contribution in [0.4, 0.5) is 5.69 Å².